The fourth-order valence-electron chi connectivity index (χ4n) is 2.43. The molecule has 0 aromatic rings. The number of hydrogen-bond acceptors (Lipinski definition) is 5. The zero-order chi connectivity index (χ0) is 25.6. The minimum atomic E-state index is -7.07. The minimum absolute atomic E-state index is 0.0880. The number of carbonyl (C=O) groups is 3. The first-order valence-corrected chi connectivity index (χ1v) is 7.54. The molecule has 1 saturated heterocycles. The van der Waals surface area contributed by atoms with Gasteiger partial charge in [-0.3, -0.25) is 19.7 Å². The summed E-state index contributed by atoms with van der Waals surface area (Å²) in [6.07, 6.45) is -28.1. The Kier molecular flexibility index (Phi) is 6.98. The van der Waals surface area contributed by atoms with E-state index in [-0.39, 0.29) is 5.32 Å². The van der Waals surface area contributed by atoms with E-state index in [9.17, 15) is 67.1 Å². The van der Waals surface area contributed by atoms with Crippen molar-refractivity contribution in [1.29, 1.82) is 0 Å². The van der Waals surface area contributed by atoms with Gasteiger partial charge in [0.25, 0.3) is 5.60 Å². The number of nitrogens with one attached hydrogen (secondary N) is 3. The molecular formula is C12H9F12N3O5. The molecule has 1 fully saturated rings. The molecule has 32 heavy (non-hydrogen) atoms. The van der Waals surface area contributed by atoms with Crippen LogP contribution in [0.4, 0.5) is 52.7 Å². The number of carboxylic acid groups (broad SMARTS) is 1. The lowest BCUT2D eigenvalue weighted by Gasteiger charge is -2.38. The third kappa shape index (κ3) is 4.64. The summed E-state index contributed by atoms with van der Waals surface area (Å²) in [6.45, 7) is -2.76. The Morgan fingerprint density at radius 1 is 0.781 bits per heavy atom. The maximum atomic E-state index is 13.3. The molecule has 1 unspecified atom stereocenters. The summed E-state index contributed by atoms with van der Waals surface area (Å²) in [6, 6.07) is -4.43. The zero-order valence-electron chi connectivity index (χ0n) is 14.6. The average molecular weight is 503 g/mol. The van der Waals surface area contributed by atoms with Gasteiger partial charge < -0.3 is 20.5 Å². The normalized spacial score (nSPS) is 21.2. The van der Waals surface area contributed by atoms with Gasteiger partial charge in [0.05, 0.1) is 6.54 Å². The standard InChI is InChI=1S/C12H9F12N3O5/c13-9(14,15)7(10(16,17)18)5(6(31)26-1-3(28)25-2-4(29)30)27-8(32-7,11(19,20)21)12(22,23)24/h5,27H,1-2H2,(H,25,28)(H,26,31)(H,29,30). The molecule has 1 atom stereocenters. The van der Waals surface area contributed by atoms with Gasteiger partial charge in [0.2, 0.25) is 11.8 Å². The van der Waals surface area contributed by atoms with E-state index < -0.39 is 72.9 Å². The molecule has 0 aromatic carbocycles. The van der Waals surface area contributed by atoms with Crippen LogP contribution in [0.15, 0.2) is 0 Å². The van der Waals surface area contributed by atoms with Crippen LogP contribution in [0.3, 0.4) is 0 Å². The van der Waals surface area contributed by atoms with Crippen LogP contribution in [0.5, 0.6) is 0 Å². The number of carbonyl (C=O) groups excluding carboxylic acids is 2. The molecule has 1 aliphatic heterocycles. The van der Waals surface area contributed by atoms with Gasteiger partial charge in [0.1, 0.15) is 12.6 Å². The maximum Gasteiger partial charge on any atom is 0.440 e. The van der Waals surface area contributed by atoms with Gasteiger partial charge in [0, 0.05) is 0 Å². The summed E-state index contributed by atoms with van der Waals surface area (Å²) in [5, 5.41) is 10.6. The minimum Gasteiger partial charge on any atom is -0.480 e. The second-order valence-electron chi connectivity index (χ2n) is 5.98. The van der Waals surface area contributed by atoms with Crippen LogP contribution in [0.1, 0.15) is 0 Å². The molecule has 4 N–H and O–H groups in total. The number of aliphatic carboxylic acids is 1. The molecule has 0 saturated carbocycles. The van der Waals surface area contributed by atoms with Crippen LogP contribution < -0.4 is 16.0 Å². The summed E-state index contributed by atoms with van der Waals surface area (Å²) >= 11 is 0. The van der Waals surface area contributed by atoms with Crippen molar-refractivity contribution >= 4 is 17.8 Å². The van der Waals surface area contributed by atoms with Crippen molar-refractivity contribution in [3.63, 3.8) is 0 Å². The SMILES string of the molecule is O=C(O)CNC(=O)CNC(=O)C1NC(C(F)(F)F)(C(F)(F)F)OC1(C(F)(F)F)C(F)(F)F. The van der Waals surface area contributed by atoms with Crippen LogP contribution >= 0.6 is 0 Å². The first-order chi connectivity index (χ1) is 14.0. The lowest BCUT2D eigenvalue weighted by Crippen LogP contribution is -2.68. The molecule has 0 bridgehead atoms. The van der Waals surface area contributed by atoms with Crippen LogP contribution in [0.25, 0.3) is 0 Å². The summed E-state index contributed by atoms with van der Waals surface area (Å²) in [7, 11) is 0. The van der Waals surface area contributed by atoms with Crippen molar-refractivity contribution in [2.24, 2.45) is 0 Å². The molecule has 186 valence electrons. The van der Waals surface area contributed by atoms with Gasteiger partial charge in [0.15, 0.2) is 0 Å². The lowest BCUT2D eigenvalue weighted by molar-refractivity contribution is -0.444. The maximum absolute atomic E-state index is 13.3. The van der Waals surface area contributed by atoms with Crippen LogP contribution in [0.2, 0.25) is 0 Å². The lowest BCUT2D eigenvalue weighted by atomic mass is 9.92. The van der Waals surface area contributed by atoms with Crippen molar-refractivity contribution in [3.05, 3.63) is 0 Å². The van der Waals surface area contributed by atoms with Gasteiger partial charge in [-0.15, -0.1) is 0 Å². The Labute approximate surface area is 167 Å². The predicted octanol–water partition coefficient (Wildman–Crippen LogP) is 0.976. The number of halogens is 12. The van der Waals surface area contributed by atoms with Gasteiger partial charge in [-0.1, -0.05) is 0 Å². The van der Waals surface area contributed by atoms with Crippen LogP contribution in [-0.4, -0.2) is 78.1 Å². The molecule has 2 amide bonds. The smallest absolute Gasteiger partial charge is 0.440 e. The molecule has 0 radical (unpaired) electrons. The summed E-state index contributed by atoms with van der Waals surface area (Å²) in [5.41, 5.74) is -12.6. The van der Waals surface area contributed by atoms with E-state index in [4.69, 9.17) is 5.11 Å². The van der Waals surface area contributed by atoms with Gasteiger partial charge in [-0.25, -0.2) is 0 Å². The molecule has 20 heteroatoms. The summed E-state index contributed by atoms with van der Waals surface area (Å²) in [4.78, 5) is 33.3. The van der Waals surface area contributed by atoms with E-state index in [1.165, 1.54) is 5.32 Å². The first-order valence-electron chi connectivity index (χ1n) is 7.54. The topological polar surface area (TPSA) is 117 Å². The monoisotopic (exact) mass is 503 g/mol. The number of ether oxygens (including phenoxy) is 1. The van der Waals surface area contributed by atoms with Gasteiger partial charge >= 0.3 is 36.4 Å². The van der Waals surface area contributed by atoms with Crippen molar-refractivity contribution in [2.45, 2.75) is 42.1 Å². The Morgan fingerprint density at radius 2 is 1.22 bits per heavy atom. The molecule has 1 rings (SSSR count). The second kappa shape index (κ2) is 8.12. The number of amides is 2. The van der Waals surface area contributed by atoms with Crippen molar-refractivity contribution in [3.8, 4) is 0 Å². The number of rotatable bonds is 5. The Morgan fingerprint density at radius 3 is 1.56 bits per heavy atom. The number of carboxylic acids is 1. The molecule has 1 aliphatic rings. The Hall–Kier alpha value is -2.51. The molecular weight excluding hydrogens is 494 g/mol. The van der Waals surface area contributed by atoms with Crippen molar-refractivity contribution < 1.29 is 76.9 Å². The summed E-state index contributed by atoms with van der Waals surface area (Å²) in [5.74, 6) is -6.05. The van der Waals surface area contributed by atoms with E-state index in [0.29, 0.717) is 0 Å². The van der Waals surface area contributed by atoms with Gasteiger partial charge in [-0.05, 0) is 0 Å². The molecule has 0 aliphatic carbocycles. The van der Waals surface area contributed by atoms with E-state index >= 15 is 0 Å². The fraction of sp³-hybridized carbons (Fsp3) is 0.750. The van der Waals surface area contributed by atoms with E-state index in [1.807, 2.05) is 0 Å². The highest BCUT2D eigenvalue weighted by Crippen LogP contribution is 2.59. The second-order valence-corrected chi connectivity index (χ2v) is 5.98. The van der Waals surface area contributed by atoms with E-state index in [2.05, 4.69) is 4.74 Å². The third-order valence-electron chi connectivity index (χ3n) is 3.83. The van der Waals surface area contributed by atoms with E-state index in [0.717, 1.165) is 5.32 Å². The van der Waals surface area contributed by atoms with E-state index in [1.54, 1.807) is 0 Å². The van der Waals surface area contributed by atoms with Crippen molar-refractivity contribution in [1.82, 2.24) is 16.0 Å². The predicted molar refractivity (Wildman–Crippen MR) is 71.3 cm³/mol. The molecule has 8 nitrogen and oxygen atoms in total. The third-order valence-corrected chi connectivity index (χ3v) is 3.83. The zero-order valence-corrected chi connectivity index (χ0v) is 14.6. The highest BCUT2D eigenvalue weighted by molar-refractivity contribution is 5.89. The Bertz CT molecular complexity index is 729. The molecule has 0 aromatic heterocycles. The largest absolute Gasteiger partial charge is 0.480 e. The first kappa shape index (κ1) is 27.5. The Balaban J connectivity index is 3.52. The molecule has 1 heterocycles. The average Bonchev–Trinajstić information content (AvgIpc) is 2.96. The summed E-state index contributed by atoms with van der Waals surface area (Å²) < 4.78 is 161. The fourth-order valence-corrected chi connectivity index (χ4v) is 2.43. The number of hydrogen-bond donors (Lipinski definition) is 4. The quantitative estimate of drug-likeness (QED) is 0.416. The number of alkyl halides is 12. The highest BCUT2D eigenvalue weighted by atomic mass is 19.4. The van der Waals surface area contributed by atoms with Crippen molar-refractivity contribution in [2.75, 3.05) is 13.1 Å². The van der Waals surface area contributed by atoms with Crippen LogP contribution in [-0.2, 0) is 19.1 Å². The van der Waals surface area contributed by atoms with Gasteiger partial charge in [-0.2, -0.15) is 52.7 Å². The highest BCUT2D eigenvalue weighted by Gasteiger charge is 2.90. The molecule has 0 spiro atoms. The van der Waals surface area contributed by atoms with Crippen LogP contribution in [0, 0.1) is 0 Å².